The van der Waals surface area contributed by atoms with Crippen molar-refractivity contribution in [3.63, 3.8) is 0 Å². The molecule has 1 N–H and O–H groups in total. The molecule has 1 aromatic carbocycles. The maximum Gasteiger partial charge on any atom is 0.0922 e. The first-order valence-corrected chi connectivity index (χ1v) is 7.07. The summed E-state index contributed by atoms with van der Waals surface area (Å²) in [6, 6.07) is 4.29. The minimum atomic E-state index is -0.411. The van der Waals surface area contributed by atoms with Crippen LogP contribution in [-0.2, 0) is 4.74 Å². The van der Waals surface area contributed by atoms with Crippen LogP contribution in [-0.4, -0.2) is 42.4 Å². The number of benzene rings is 1. The number of β-amino-alcohol motifs (C(OH)–C–C–N with tert-alkyl or cyclic N) is 1. The molecule has 0 radical (unpaired) electrons. The summed E-state index contributed by atoms with van der Waals surface area (Å²) in [6.45, 7) is 11.6. The number of hydrogen-bond acceptors (Lipinski definition) is 3. The van der Waals surface area contributed by atoms with Gasteiger partial charge >= 0.3 is 0 Å². The van der Waals surface area contributed by atoms with Crippen molar-refractivity contribution in [2.24, 2.45) is 0 Å². The Hall–Kier alpha value is -0.900. The minimum absolute atomic E-state index is 0.265. The van der Waals surface area contributed by atoms with Crippen LogP contribution in [0.5, 0.6) is 0 Å². The van der Waals surface area contributed by atoms with E-state index in [1.54, 1.807) is 0 Å². The quantitative estimate of drug-likeness (QED) is 0.908. The fraction of sp³-hybridized carbons (Fsp3) is 0.625. The van der Waals surface area contributed by atoms with Gasteiger partial charge in [-0.05, 0) is 44.4 Å². The van der Waals surface area contributed by atoms with Crippen molar-refractivity contribution in [3.05, 3.63) is 34.4 Å². The van der Waals surface area contributed by atoms with Gasteiger partial charge in [0.1, 0.15) is 0 Å². The molecular formula is C16H25NO2. The average Bonchev–Trinajstić information content (AvgIpc) is 2.27. The molecule has 1 saturated heterocycles. The number of aliphatic hydroxyl groups is 1. The highest BCUT2D eigenvalue weighted by molar-refractivity contribution is 5.39. The van der Waals surface area contributed by atoms with Gasteiger partial charge in [-0.2, -0.15) is 0 Å². The van der Waals surface area contributed by atoms with Gasteiger partial charge in [0.25, 0.3) is 0 Å². The first-order valence-electron chi connectivity index (χ1n) is 7.07. The highest BCUT2D eigenvalue weighted by atomic mass is 16.5. The predicted molar refractivity (Wildman–Crippen MR) is 77.5 cm³/mol. The lowest BCUT2D eigenvalue weighted by atomic mass is 9.95. The lowest BCUT2D eigenvalue weighted by molar-refractivity contribution is -0.0320. The van der Waals surface area contributed by atoms with E-state index in [2.05, 4.69) is 44.7 Å². The molecule has 106 valence electrons. The van der Waals surface area contributed by atoms with E-state index in [4.69, 9.17) is 4.74 Å². The Bertz CT molecular complexity index is 421. The van der Waals surface area contributed by atoms with Crippen molar-refractivity contribution in [2.45, 2.75) is 39.9 Å². The Labute approximate surface area is 116 Å². The first kappa shape index (κ1) is 14.5. The van der Waals surface area contributed by atoms with Crippen LogP contribution in [0.4, 0.5) is 0 Å². The van der Waals surface area contributed by atoms with Gasteiger partial charge in [-0.3, -0.25) is 4.90 Å². The zero-order chi connectivity index (χ0) is 14.0. The number of ether oxygens (including phenoxy) is 1. The van der Waals surface area contributed by atoms with Gasteiger partial charge in [-0.1, -0.05) is 17.7 Å². The van der Waals surface area contributed by atoms with Crippen LogP contribution in [0.1, 0.15) is 35.3 Å². The number of aryl methyl sites for hydroxylation is 3. The molecule has 3 heteroatoms. The van der Waals surface area contributed by atoms with Crippen molar-refractivity contribution in [3.8, 4) is 0 Å². The van der Waals surface area contributed by atoms with Crippen molar-refractivity contribution >= 4 is 0 Å². The van der Waals surface area contributed by atoms with Crippen LogP contribution in [0, 0.1) is 20.8 Å². The summed E-state index contributed by atoms with van der Waals surface area (Å²) in [5.41, 5.74) is 4.72. The molecule has 1 aliphatic rings. The molecule has 1 aliphatic heterocycles. The van der Waals surface area contributed by atoms with Crippen molar-refractivity contribution in [1.29, 1.82) is 0 Å². The molecule has 0 amide bonds. The first-order chi connectivity index (χ1) is 8.97. The summed E-state index contributed by atoms with van der Waals surface area (Å²) in [4.78, 5) is 2.29. The van der Waals surface area contributed by atoms with Crippen LogP contribution < -0.4 is 0 Å². The highest BCUT2D eigenvalue weighted by Crippen LogP contribution is 2.24. The fourth-order valence-corrected chi connectivity index (χ4v) is 3.11. The van der Waals surface area contributed by atoms with Gasteiger partial charge in [0.15, 0.2) is 0 Å². The van der Waals surface area contributed by atoms with Crippen LogP contribution in [0.15, 0.2) is 12.1 Å². The molecular weight excluding hydrogens is 238 g/mol. The maximum atomic E-state index is 10.5. The van der Waals surface area contributed by atoms with Gasteiger partial charge in [0.05, 0.1) is 18.8 Å². The molecule has 0 bridgehead atoms. The number of hydrogen-bond donors (Lipinski definition) is 1. The summed E-state index contributed by atoms with van der Waals surface area (Å²) in [7, 11) is 0. The molecule has 0 spiro atoms. The van der Waals surface area contributed by atoms with Gasteiger partial charge in [0.2, 0.25) is 0 Å². The largest absolute Gasteiger partial charge is 0.387 e. The predicted octanol–water partition coefficient (Wildman–Crippen LogP) is 2.37. The Balaban J connectivity index is 2.09. The summed E-state index contributed by atoms with van der Waals surface area (Å²) in [5, 5.41) is 10.5. The maximum absolute atomic E-state index is 10.5. The number of aliphatic hydroxyl groups excluding tert-OH is 1. The molecule has 2 atom stereocenters. The number of nitrogens with zero attached hydrogens (tertiary/aromatic N) is 1. The summed E-state index contributed by atoms with van der Waals surface area (Å²) in [5.74, 6) is 0. The van der Waals surface area contributed by atoms with Crippen molar-refractivity contribution in [1.82, 2.24) is 4.90 Å². The zero-order valence-electron chi connectivity index (χ0n) is 12.4. The van der Waals surface area contributed by atoms with Gasteiger partial charge in [0, 0.05) is 19.6 Å². The second-order valence-corrected chi connectivity index (χ2v) is 5.77. The minimum Gasteiger partial charge on any atom is -0.387 e. The highest BCUT2D eigenvalue weighted by Gasteiger charge is 2.21. The standard InChI is InChI=1S/C16H25NO2/c1-11-7-12(2)16(13(3)8-11)15(18)10-17-5-6-19-14(4)9-17/h7-8,14-15,18H,5-6,9-10H2,1-4H3. The second-order valence-electron chi connectivity index (χ2n) is 5.77. The lowest BCUT2D eigenvalue weighted by Gasteiger charge is -2.33. The van der Waals surface area contributed by atoms with E-state index in [0.717, 1.165) is 25.3 Å². The van der Waals surface area contributed by atoms with E-state index in [9.17, 15) is 5.11 Å². The molecule has 3 nitrogen and oxygen atoms in total. The molecule has 0 saturated carbocycles. The SMILES string of the molecule is Cc1cc(C)c(C(O)CN2CCOC(C)C2)c(C)c1. The van der Waals surface area contributed by atoms with Gasteiger partial charge < -0.3 is 9.84 Å². The smallest absolute Gasteiger partial charge is 0.0922 e. The zero-order valence-corrected chi connectivity index (χ0v) is 12.4. The van der Waals surface area contributed by atoms with Gasteiger partial charge in [-0.25, -0.2) is 0 Å². The van der Waals surface area contributed by atoms with Crippen LogP contribution >= 0.6 is 0 Å². The van der Waals surface area contributed by atoms with E-state index < -0.39 is 6.10 Å². The third-order valence-electron chi connectivity index (χ3n) is 3.83. The summed E-state index contributed by atoms with van der Waals surface area (Å²) in [6.07, 6.45) is -0.146. The van der Waals surface area contributed by atoms with Crippen LogP contribution in [0.25, 0.3) is 0 Å². The van der Waals surface area contributed by atoms with E-state index >= 15 is 0 Å². The topological polar surface area (TPSA) is 32.7 Å². The Morgan fingerprint density at radius 3 is 2.53 bits per heavy atom. The molecule has 1 heterocycles. The van der Waals surface area contributed by atoms with Crippen molar-refractivity contribution in [2.75, 3.05) is 26.2 Å². The molecule has 1 fully saturated rings. The molecule has 19 heavy (non-hydrogen) atoms. The molecule has 2 rings (SSSR count). The Morgan fingerprint density at radius 2 is 1.95 bits per heavy atom. The van der Waals surface area contributed by atoms with E-state index in [1.165, 1.54) is 16.7 Å². The fourth-order valence-electron chi connectivity index (χ4n) is 3.11. The summed E-state index contributed by atoms with van der Waals surface area (Å²) < 4.78 is 5.54. The molecule has 2 unspecified atom stereocenters. The molecule has 0 aliphatic carbocycles. The second kappa shape index (κ2) is 6.04. The normalized spacial score (nSPS) is 22.5. The van der Waals surface area contributed by atoms with Crippen LogP contribution in [0.2, 0.25) is 0 Å². The van der Waals surface area contributed by atoms with E-state index in [-0.39, 0.29) is 6.10 Å². The Morgan fingerprint density at radius 1 is 1.32 bits per heavy atom. The number of morpholine rings is 1. The lowest BCUT2D eigenvalue weighted by Crippen LogP contribution is -2.43. The Kier molecular flexibility index (Phi) is 4.61. The molecule has 1 aromatic rings. The van der Waals surface area contributed by atoms with Crippen LogP contribution in [0.3, 0.4) is 0 Å². The third kappa shape index (κ3) is 3.56. The van der Waals surface area contributed by atoms with Crippen molar-refractivity contribution < 1.29 is 9.84 Å². The average molecular weight is 263 g/mol. The third-order valence-corrected chi connectivity index (χ3v) is 3.83. The van der Waals surface area contributed by atoms with Gasteiger partial charge in [-0.15, -0.1) is 0 Å². The van der Waals surface area contributed by atoms with E-state index in [0.29, 0.717) is 6.54 Å². The number of rotatable bonds is 3. The summed E-state index contributed by atoms with van der Waals surface area (Å²) >= 11 is 0. The molecule has 0 aromatic heterocycles. The monoisotopic (exact) mass is 263 g/mol. The van der Waals surface area contributed by atoms with E-state index in [1.807, 2.05) is 0 Å².